The largest absolute Gasteiger partial charge is 0.393 e. The molecule has 0 amide bonds. The highest BCUT2D eigenvalue weighted by atomic mass is 16.3. The van der Waals surface area contributed by atoms with E-state index in [2.05, 4.69) is 13.8 Å². The van der Waals surface area contributed by atoms with Gasteiger partial charge in [-0.2, -0.15) is 0 Å². The molecule has 0 aromatic rings. The highest BCUT2D eigenvalue weighted by molar-refractivity contribution is 4.54. The van der Waals surface area contributed by atoms with Crippen LogP contribution in [0.25, 0.3) is 0 Å². The second-order valence-electron chi connectivity index (χ2n) is 3.65. The van der Waals surface area contributed by atoms with E-state index in [9.17, 15) is 5.11 Å². The molecular formula is C11H24O. The standard InChI is InChI=1S/C11H24O/c1-3-5-6-7-8-10-11(12)9-4-2/h11-12H,3-10H2,1-2H3. The smallest absolute Gasteiger partial charge is 0.0540 e. The summed E-state index contributed by atoms with van der Waals surface area (Å²) in [5.74, 6) is 0. The molecule has 74 valence electrons. The molecule has 1 N–H and O–H groups in total. The van der Waals surface area contributed by atoms with Crippen molar-refractivity contribution in [1.29, 1.82) is 0 Å². The minimum Gasteiger partial charge on any atom is -0.393 e. The van der Waals surface area contributed by atoms with Gasteiger partial charge in [-0.3, -0.25) is 0 Å². The molecule has 0 fully saturated rings. The zero-order valence-electron chi connectivity index (χ0n) is 8.68. The summed E-state index contributed by atoms with van der Waals surface area (Å²) in [5, 5.41) is 9.41. The molecule has 0 aromatic carbocycles. The lowest BCUT2D eigenvalue weighted by Crippen LogP contribution is -2.04. The first-order chi connectivity index (χ1) is 5.81. The molecule has 0 aliphatic rings. The molecule has 0 aliphatic carbocycles. The SMILES string of the molecule is CCCCCCCC(O)CCC. The Balaban J connectivity index is 2.97. The lowest BCUT2D eigenvalue weighted by atomic mass is 10.1. The Kier molecular flexibility index (Phi) is 9.02. The molecule has 0 saturated carbocycles. The van der Waals surface area contributed by atoms with Crippen LogP contribution in [0.15, 0.2) is 0 Å². The van der Waals surface area contributed by atoms with Gasteiger partial charge < -0.3 is 5.11 Å². The fourth-order valence-corrected chi connectivity index (χ4v) is 1.46. The number of hydrogen-bond donors (Lipinski definition) is 1. The van der Waals surface area contributed by atoms with Gasteiger partial charge in [0.2, 0.25) is 0 Å². The molecule has 0 aromatic heterocycles. The Hall–Kier alpha value is -0.0400. The van der Waals surface area contributed by atoms with Crippen molar-refractivity contribution in [2.24, 2.45) is 0 Å². The van der Waals surface area contributed by atoms with E-state index in [0.29, 0.717) is 0 Å². The van der Waals surface area contributed by atoms with Crippen molar-refractivity contribution in [3.05, 3.63) is 0 Å². The first kappa shape index (κ1) is 12.0. The van der Waals surface area contributed by atoms with Gasteiger partial charge in [-0.15, -0.1) is 0 Å². The molecule has 0 bridgehead atoms. The van der Waals surface area contributed by atoms with Crippen molar-refractivity contribution in [3.8, 4) is 0 Å². The van der Waals surface area contributed by atoms with E-state index in [1.807, 2.05) is 0 Å². The molecule has 1 nitrogen and oxygen atoms in total. The Labute approximate surface area is 77.2 Å². The zero-order chi connectivity index (χ0) is 9.23. The van der Waals surface area contributed by atoms with Crippen molar-refractivity contribution in [2.75, 3.05) is 0 Å². The molecule has 0 rings (SSSR count). The van der Waals surface area contributed by atoms with Crippen molar-refractivity contribution in [1.82, 2.24) is 0 Å². The third-order valence-electron chi connectivity index (χ3n) is 2.26. The molecule has 1 atom stereocenters. The second kappa shape index (κ2) is 9.05. The van der Waals surface area contributed by atoms with Gasteiger partial charge in [-0.1, -0.05) is 52.4 Å². The van der Waals surface area contributed by atoms with E-state index in [1.165, 1.54) is 32.1 Å². The second-order valence-corrected chi connectivity index (χ2v) is 3.65. The van der Waals surface area contributed by atoms with E-state index < -0.39 is 0 Å². The third kappa shape index (κ3) is 8.06. The Morgan fingerprint density at radius 3 is 2.08 bits per heavy atom. The van der Waals surface area contributed by atoms with Crippen LogP contribution in [0.4, 0.5) is 0 Å². The van der Waals surface area contributed by atoms with Gasteiger partial charge in [0.25, 0.3) is 0 Å². The lowest BCUT2D eigenvalue weighted by molar-refractivity contribution is 0.150. The van der Waals surface area contributed by atoms with Crippen LogP contribution in [0.2, 0.25) is 0 Å². The maximum absolute atomic E-state index is 9.41. The van der Waals surface area contributed by atoms with Crippen molar-refractivity contribution in [3.63, 3.8) is 0 Å². The molecule has 0 spiro atoms. The molecule has 0 aliphatic heterocycles. The van der Waals surface area contributed by atoms with Gasteiger partial charge in [0, 0.05) is 0 Å². The fourth-order valence-electron chi connectivity index (χ4n) is 1.46. The number of rotatable bonds is 8. The van der Waals surface area contributed by atoms with E-state index in [4.69, 9.17) is 0 Å². The molecular weight excluding hydrogens is 148 g/mol. The summed E-state index contributed by atoms with van der Waals surface area (Å²) in [6.45, 7) is 4.35. The van der Waals surface area contributed by atoms with Gasteiger partial charge >= 0.3 is 0 Å². The average Bonchev–Trinajstić information content (AvgIpc) is 2.05. The number of hydrogen-bond acceptors (Lipinski definition) is 1. The van der Waals surface area contributed by atoms with Crippen LogP contribution in [0.5, 0.6) is 0 Å². The van der Waals surface area contributed by atoms with Crippen LogP contribution < -0.4 is 0 Å². The third-order valence-corrected chi connectivity index (χ3v) is 2.26. The monoisotopic (exact) mass is 172 g/mol. The predicted molar refractivity (Wildman–Crippen MR) is 54.3 cm³/mol. The van der Waals surface area contributed by atoms with E-state index in [-0.39, 0.29) is 6.10 Å². The molecule has 0 saturated heterocycles. The topological polar surface area (TPSA) is 20.2 Å². The van der Waals surface area contributed by atoms with Crippen LogP contribution in [-0.2, 0) is 0 Å². The number of aliphatic hydroxyl groups is 1. The average molecular weight is 172 g/mol. The van der Waals surface area contributed by atoms with Gasteiger partial charge in [0.1, 0.15) is 0 Å². The Morgan fingerprint density at radius 2 is 1.50 bits per heavy atom. The minimum absolute atomic E-state index is 0.0309. The molecule has 1 heteroatoms. The van der Waals surface area contributed by atoms with Crippen LogP contribution in [0.1, 0.15) is 65.2 Å². The van der Waals surface area contributed by atoms with Crippen molar-refractivity contribution < 1.29 is 5.11 Å². The number of unbranched alkanes of at least 4 members (excludes halogenated alkanes) is 4. The van der Waals surface area contributed by atoms with Crippen LogP contribution in [0.3, 0.4) is 0 Å². The summed E-state index contributed by atoms with van der Waals surface area (Å²) >= 11 is 0. The first-order valence-electron chi connectivity index (χ1n) is 5.49. The maximum atomic E-state index is 9.41. The fraction of sp³-hybridized carbons (Fsp3) is 1.00. The summed E-state index contributed by atoms with van der Waals surface area (Å²) in [6.07, 6.45) is 9.57. The van der Waals surface area contributed by atoms with Crippen LogP contribution in [0, 0.1) is 0 Å². The summed E-state index contributed by atoms with van der Waals surface area (Å²) in [4.78, 5) is 0. The zero-order valence-corrected chi connectivity index (χ0v) is 8.68. The summed E-state index contributed by atoms with van der Waals surface area (Å²) < 4.78 is 0. The van der Waals surface area contributed by atoms with Crippen LogP contribution in [-0.4, -0.2) is 11.2 Å². The summed E-state index contributed by atoms with van der Waals surface area (Å²) in [6, 6.07) is 0. The molecule has 1 unspecified atom stereocenters. The molecule has 0 radical (unpaired) electrons. The van der Waals surface area contributed by atoms with E-state index in [1.54, 1.807) is 0 Å². The highest BCUT2D eigenvalue weighted by Crippen LogP contribution is 2.09. The van der Waals surface area contributed by atoms with Gasteiger partial charge in [0.05, 0.1) is 6.10 Å². The highest BCUT2D eigenvalue weighted by Gasteiger charge is 2.00. The van der Waals surface area contributed by atoms with Gasteiger partial charge in [-0.05, 0) is 12.8 Å². The predicted octanol–water partition coefficient (Wildman–Crippen LogP) is 3.51. The van der Waals surface area contributed by atoms with Gasteiger partial charge in [-0.25, -0.2) is 0 Å². The lowest BCUT2D eigenvalue weighted by Gasteiger charge is -2.07. The van der Waals surface area contributed by atoms with E-state index >= 15 is 0 Å². The van der Waals surface area contributed by atoms with Crippen molar-refractivity contribution in [2.45, 2.75) is 71.3 Å². The first-order valence-corrected chi connectivity index (χ1v) is 5.49. The molecule has 12 heavy (non-hydrogen) atoms. The Bertz CT molecular complexity index is 81.1. The van der Waals surface area contributed by atoms with E-state index in [0.717, 1.165) is 19.3 Å². The number of aliphatic hydroxyl groups excluding tert-OH is 1. The van der Waals surface area contributed by atoms with Gasteiger partial charge in [0.15, 0.2) is 0 Å². The molecule has 0 heterocycles. The Morgan fingerprint density at radius 1 is 0.833 bits per heavy atom. The normalized spacial score (nSPS) is 13.2. The summed E-state index contributed by atoms with van der Waals surface area (Å²) in [5.41, 5.74) is 0. The van der Waals surface area contributed by atoms with Crippen LogP contribution >= 0.6 is 0 Å². The quantitative estimate of drug-likeness (QED) is 0.555. The van der Waals surface area contributed by atoms with Crippen molar-refractivity contribution >= 4 is 0 Å². The minimum atomic E-state index is -0.0309. The summed E-state index contributed by atoms with van der Waals surface area (Å²) in [7, 11) is 0. The maximum Gasteiger partial charge on any atom is 0.0540 e.